The third kappa shape index (κ3) is 2.73. The summed E-state index contributed by atoms with van der Waals surface area (Å²) in [4.78, 5) is 0. The van der Waals surface area contributed by atoms with Crippen LogP contribution >= 0.6 is 11.6 Å². The van der Waals surface area contributed by atoms with Crippen LogP contribution in [0.5, 0.6) is 5.75 Å². The Hall–Kier alpha value is -2.25. The molecule has 114 valence electrons. The van der Waals surface area contributed by atoms with Crippen molar-refractivity contribution in [1.82, 2.24) is 0 Å². The second-order valence-corrected chi connectivity index (χ2v) is 6.46. The number of fused-ring (bicyclic) bond motifs is 1. The third-order valence-electron chi connectivity index (χ3n) is 4.23. The second kappa shape index (κ2) is 5.75. The molecular weight excluding hydrogens is 304 g/mol. The van der Waals surface area contributed by atoms with Gasteiger partial charge < -0.3 is 4.74 Å². The summed E-state index contributed by atoms with van der Waals surface area (Å²) in [5.74, 6) is 0.999. The summed E-state index contributed by atoms with van der Waals surface area (Å²) in [6, 6.07) is 22.9. The summed E-state index contributed by atoms with van der Waals surface area (Å²) in [5.41, 5.74) is 5.93. The van der Waals surface area contributed by atoms with Crippen LogP contribution in [-0.4, -0.2) is 6.10 Å². The van der Waals surface area contributed by atoms with Gasteiger partial charge in [-0.1, -0.05) is 54.1 Å². The molecule has 4 rings (SSSR count). The van der Waals surface area contributed by atoms with Crippen LogP contribution in [0.3, 0.4) is 0 Å². The molecule has 23 heavy (non-hydrogen) atoms. The van der Waals surface area contributed by atoms with E-state index in [-0.39, 0.29) is 6.10 Å². The van der Waals surface area contributed by atoms with Crippen LogP contribution in [0.15, 0.2) is 66.7 Å². The highest BCUT2D eigenvalue weighted by atomic mass is 35.5. The highest BCUT2D eigenvalue weighted by Crippen LogP contribution is 2.42. The summed E-state index contributed by atoms with van der Waals surface area (Å²) in [6.07, 6.45) is 1.16. The van der Waals surface area contributed by atoms with E-state index in [9.17, 15) is 0 Å². The first kappa shape index (κ1) is 14.3. The van der Waals surface area contributed by atoms with Gasteiger partial charge in [-0.25, -0.2) is 0 Å². The Balaban J connectivity index is 1.92. The molecule has 1 unspecified atom stereocenters. The van der Waals surface area contributed by atoms with E-state index in [4.69, 9.17) is 16.3 Å². The van der Waals surface area contributed by atoms with Gasteiger partial charge in [0, 0.05) is 17.0 Å². The standard InChI is InChI=1S/C21H17ClO/c1-14-10-18-11-17(15-6-3-2-4-7-15)13-20(21(18)23-14)16-8-5-9-19(22)12-16/h2-9,11-14H,10H2,1H3. The van der Waals surface area contributed by atoms with Gasteiger partial charge in [0.1, 0.15) is 11.9 Å². The molecule has 1 aliphatic heterocycles. The van der Waals surface area contributed by atoms with Crippen molar-refractivity contribution in [3.8, 4) is 28.0 Å². The van der Waals surface area contributed by atoms with Crippen molar-refractivity contribution in [2.75, 3.05) is 0 Å². The van der Waals surface area contributed by atoms with Gasteiger partial charge in [-0.3, -0.25) is 0 Å². The molecular formula is C21H17ClO. The number of ether oxygens (including phenoxy) is 1. The fraction of sp³-hybridized carbons (Fsp3) is 0.143. The molecule has 0 bridgehead atoms. The van der Waals surface area contributed by atoms with E-state index in [2.05, 4.69) is 49.4 Å². The van der Waals surface area contributed by atoms with E-state index in [0.717, 1.165) is 28.3 Å². The Labute approximate surface area is 141 Å². The number of halogens is 1. The van der Waals surface area contributed by atoms with Gasteiger partial charge in [0.2, 0.25) is 0 Å². The Bertz CT molecular complexity index is 855. The second-order valence-electron chi connectivity index (χ2n) is 6.02. The smallest absolute Gasteiger partial charge is 0.130 e. The van der Waals surface area contributed by atoms with E-state index >= 15 is 0 Å². The lowest BCUT2D eigenvalue weighted by molar-refractivity contribution is 0.255. The summed E-state index contributed by atoms with van der Waals surface area (Å²) in [5, 5.41) is 0.743. The highest BCUT2D eigenvalue weighted by molar-refractivity contribution is 6.30. The molecule has 0 fully saturated rings. The molecule has 3 aromatic rings. The largest absolute Gasteiger partial charge is 0.489 e. The number of rotatable bonds is 2. The molecule has 0 N–H and O–H groups in total. The van der Waals surface area contributed by atoms with Crippen molar-refractivity contribution in [2.45, 2.75) is 19.4 Å². The van der Waals surface area contributed by atoms with Gasteiger partial charge in [-0.15, -0.1) is 0 Å². The van der Waals surface area contributed by atoms with E-state index in [0.29, 0.717) is 0 Å². The van der Waals surface area contributed by atoms with Crippen LogP contribution in [-0.2, 0) is 6.42 Å². The van der Waals surface area contributed by atoms with Crippen molar-refractivity contribution < 1.29 is 4.74 Å². The third-order valence-corrected chi connectivity index (χ3v) is 4.47. The first-order valence-electron chi connectivity index (χ1n) is 7.85. The van der Waals surface area contributed by atoms with Crippen molar-refractivity contribution >= 4 is 11.6 Å². The number of benzene rings is 3. The topological polar surface area (TPSA) is 9.23 Å². The summed E-state index contributed by atoms with van der Waals surface area (Å²) < 4.78 is 6.08. The SMILES string of the molecule is CC1Cc2cc(-c3ccccc3)cc(-c3cccc(Cl)c3)c2O1. The predicted molar refractivity (Wildman–Crippen MR) is 96.1 cm³/mol. The van der Waals surface area contributed by atoms with Gasteiger partial charge in [0.25, 0.3) is 0 Å². The van der Waals surface area contributed by atoms with Crippen LogP contribution < -0.4 is 4.74 Å². The van der Waals surface area contributed by atoms with Crippen molar-refractivity contribution in [2.24, 2.45) is 0 Å². The lowest BCUT2D eigenvalue weighted by atomic mass is 9.94. The molecule has 3 aromatic carbocycles. The molecule has 1 nitrogen and oxygen atoms in total. The van der Waals surface area contributed by atoms with Gasteiger partial charge in [-0.2, -0.15) is 0 Å². The Morgan fingerprint density at radius 1 is 0.870 bits per heavy atom. The minimum atomic E-state index is 0.217. The Kier molecular flexibility index (Phi) is 3.59. The average Bonchev–Trinajstić information content (AvgIpc) is 2.95. The summed E-state index contributed by atoms with van der Waals surface area (Å²) >= 11 is 6.19. The van der Waals surface area contributed by atoms with Crippen molar-refractivity contribution in [1.29, 1.82) is 0 Å². The zero-order valence-corrected chi connectivity index (χ0v) is 13.7. The first-order chi connectivity index (χ1) is 11.2. The minimum Gasteiger partial charge on any atom is -0.489 e. The van der Waals surface area contributed by atoms with Crippen molar-refractivity contribution in [3.63, 3.8) is 0 Å². The van der Waals surface area contributed by atoms with Crippen molar-refractivity contribution in [3.05, 3.63) is 77.3 Å². The van der Waals surface area contributed by atoms with Crippen LogP contribution in [0.4, 0.5) is 0 Å². The molecule has 2 heteroatoms. The molecule has 0 radical (unpaired) electrons. The molecule has 0 amide bonds. The lowest BCUT2D eigenvalue weighted by Gasteiger charge is -2.13. The highest BCUT2D eigenvalue weighted by Gasteiger charge is 2.24. The monoisotopic (exact) mass is 320 g/mol. The average molecular weight is 321 g/mol. The Morgan fingerprint density at radius 2 is 1.65 bits per heavy atom. The summed E-state index contributed by atoms with van der Waals surface area (Å²) in [7, 11) is 0. The molecule has 1 aliphatic rings. The maximum Gasteiger partial charge on any atom is 0.130 e. The van der Waals surface area contributed by atoms with Gasteiger partial charge >= 0.3 is 0 Å². The van der Waals surface area contributed by atoms with E-state index < -0.39 is 0 Å². The summed E-state index contributed by atoms with van der Waals surface area (Å²) in [6.45, 7) is 2.12. The Morgan fingerprint density at radius 3 is 2.43 bits per heavy atom. The first-order valence-corrected chi connectivity index (χ1v) is 8.23. The van der Waals surface area contributed by atoms with E-state index in [1.165, 1.54) is 16.7 Å². The van der Waals surface area contributed by atoms with Crippen LogP contribution in [0.2, 0.25) is 5.02 Å². The van der Waals surface area contributed by atoms with Crippen LogP contribution in [0.1, 0.15) is 12.5 Å². The fourth-order valence-electron chi connectivity index (χ4n) is 3.20. The number of hydrogen-bond acceptors (Lipinski definition) is 1. The molecule has 0 saturated heterocycles. The predicted octanol–water partition coefficient (Wildman–Crippen LogP) is 6.00. The molecule has 0 aliphatic carbocycles. The molecule has 0 spiro atoms. The minimum absolute atomic E-state index is 0.217. The zero-order valence-electron chi connectivity index (χ0n) is 12.9. The number of hydrogen-bond donors (Lipinski definition) is 0. The van der Waals surface area contributed by atoms with Gasteiger partial charge in [0.05, 0.1) is 0 Å². The lowest BCUT2D eigenvalue weighted by Crippen LogP contribution is -2.05. The van der Waals surface area contributed by atoms with Crippen LogP contribution in [0, 0.1) is 0 Å². The van der Waals surface area contributed by atoms with E-state index in [1.807, 2.05) is 24.3 Å². The maximum atomic E-state index is 6.19. The molecule has 1 heterocycles. The van der Waals surface area contributed by atoms with Gasteiger partial charge in [-0.05, 0) is 53.4 Å². The molecule has 0 aromatic heterocycles. The zero-order chi connectivity index (χ0) is 15.8. The normalized spacial score (nSPS) is 16.0. The van der Waals surface area contributed by atoms with Gasteiger partial charge in [0.15, 0.2) is 0 Å². The van der Waals surface area contributed by atoms with Crippen LogP contribution in [0.25, 0.3) is 22.3 Å². The quantitative estimate of drug-likeness (QED) is 0.563. The maximum absolute atomic E-state index is 6.19. The molecule has 1 atom stereocenters. The fourth-order valence-corrected chi connectivity index (χ4v) is 3.39. The molecule has 0 saturated carbocycles. The van der Waals surface area contributed by atoms with E-state index in [1.54, 1.807) is 0 Å².